The van der Waals surface area contributed by atoms with Gasteiger partial charge in [-0.25, -0.2) is 9.59 Å². The topological polar surface area (TPSA) is 248 Å². The molecular weight excluding hydrogens is 684 g/mol. The highest BCUT2D eigenvalue weighted by Crippen LogP contribution is 2.42. The van der Waals surface area contributed by atoms with E-state index in [0.29, 0.717) is 12.0 Å². The van der Waals surface area contributed by atoms with E-state index in [1.54, 1.807) is 6.08 Å². The maximum Gasteiger partial charge on any atom is 0.337 e. The lowest BCUT2D eigenvalue weighted by atomic mass is 9.81. The fourth-order valence-corrected chi connectivity index (χ4v) is 7.25. The minimum absolute atomic E-state index is 0.0447. The Balaban J connectivity index is 1.12. The third kappa shape index (κ3) is 7.33. The molecule has 18 heteroatoms. The molecule has 0 amide bonds. The average molecular weight is 729 g/mol. The second-order valence-corrected chi connectivity index (χ2v) is 13.0. The SMILES string of the molecule is C=C[C@@H]1[C@@H](O[C@H]2O[C@@H](CO)[C@H](O)[C@@H](O)[C@@H]2O)OC=C(C(=O)OC)[C@H]1C[C@H]1OC[C@@H]2O[C@H](O[C@H]3OC=C4C(=O)OCC[C@H]4[C@@H]3C=C)[C@@H](O)[C@H](O)[C@@H]2O1. The van der Waals surface area contributed by atoms with E-state index in [9.17, 15) is 40.2 Å². The number of esters is 2. The Morgan fingerprint density at radius 3 is 2.24 bits per heavy atom. The summed E-state index contributed by atoms with van der Waals surface area (Å²) in [5.74, 6) is -3.63. The summed E-state index contributed by atoms with van der Waals surface area (Å²) in [4.78, 5) is 25.0. The predicted octanol–water partition coefficient (Wildman–Crippen LogP) is -2.17. The number of methoxy groups -OCH3 is 1. The van der Waals surface area contributed by atoms with Crippen LogP contribution in [-0.2, 0) is 57.0 Å². The number of cyclic esters (lactones) is 1. The lowest BCUT2D eigenvalue weighted by Crippen LogP contribution is -2.64. The number of aliphatic hydroxyl groups excluding tert-OH is 6. The molecule has 0 bridgehead atoms. The molecule has 0 radical (unpaired) electrons. The summed E-state index contributed by atoms with van der Waals surface area (Å²) >= 11 is 0. The lowest BCUT2D eigenvalue weighted by molar-refractivity contribution is -0.379. The molecule has 4 saturated heterocycles. The van der Waals surface area contributed by atoms with Gasteiger partial charge in [0, 0.05) is 30.1 Å². The van der Waals surface area contributed by atoms with Crippen LogP contribution in [0.15, 0.2) is 49.0 Å². The smallest absolute Gasteiger partial charge is 0.337 e. The number of carbonyl (C=O) groups is 2. The second-order valence-electron chi connectivity index (χ2n) is 13.0. The van der Waals surface area contributed by atoms with Crippen molar-refractivity contribution in [3.8, 4) is 0 Å². The number of hydrogen-bond acceptors (Lipinski definition) is 18. The molecule has 6 rings (SSSR count). The minimum Gasteiger partial charge on any atom is -0.471 e. The molecule has 0 aromatic heterocycles. The van der Waals surface area contributed by atoms with Crippen LogP contribution in [0.1, 0.15) is 12.8 Å². The first-order chi connectivity index (χ1) is 24.5. The molecule has 51 heavy (non-hydrogen) atoms. The molecule has 18 nitrogen and oxygen atoms in total. The predicted molar refractivity (Wildman–Crippen MR) is 164 cm³/mol. The molecule has 6 aliphatic heterocycles. The number of ether oxygens (including phenoxy) is 10. The van der Waals surface area contributed by atoms with Gasteiger partial charge >= 0.3 is 11.9 Å². The van der Waals surface area contributed by atoms with E-state index >= 15 is 0 Å². The van der Waals surface area contributed by atoms with Crippen molar-refractivity contribution < 1.29 is 87.6 Å². The molecule has 0 aliphatic carbocycles. The molecule has 6 heterocycles. The fourth-order valence-electron chi connectivity index (χ4n) is 7.25. The molecule has 0 spiro atoms. The lowest BCUT2D eigenvalue weighted by Gasteiger charge is -2.48. The number of hydrogen-bond donors (Lipinski definition) is 6. The van der Waals surface area contributed by atoms with E-state index in [4.69, 9.17) is 47.4 Å². The highest BCUT2D eigenvalue weighted by molar-refractivity contribution is 5.90. The third-order valence-corrected chi connectivity index (χ3v) is 10.1. The van der Waals surface area contributed by atoms with Gasteiger partial charge in [0.15, 0.2) is 18.9 Å². The summed E-state index contributed by atoms with van der Waals surface area (Å²) in [6.45, 7) is 7.13. The molecule has 284 valence electrons. The summed E-state index contributed by atoms with van der Waals surface area (Å²) in [7, 11) is 1.18. The van der Waals surface area contributed by atoms with Gasteiger partial charge in [0.1, 0.15) is 48.8 Å². The van der Waals surface area contributed by atoms with Crippen LogP contribution in [0.5, 0.6) is 0 Å². The van der Waals surface area contributed by atoms with E-state index in [-0.39, 0.29) is 31.1 Å². The van der Waals surface area contributed by atoms with Crippen LogP contribution in [-0.4, -0.2) is 150 Å². The molecule has 0 aromatic rings. The van der Waals surface area contributed by atoms with Gasteiger partial charge in [-0.3, -0.25) is 0 Å². The van der Waals surface area contributed by atoms with Crippen molar-refractivity contribution in [3.63, 3.8) is 0 Å². The third-order valence-electron chi connectivity index (χ3n) is 10.1. The van der Waals surface area contributed by atoms with Crippen molar-refractivity contribution in [2.24, 2.45) is 23.7 Å². The van der Waals surface area contributed by atoms with Gasteiger partial charge in [-0.2, -0.15) is 0 Å². The quantitative estimate of drug-likeness (QED) is 0.104. The van der Waals surface area contributed by atoms with E-state index in [1.165, 1.54) is 19.4 Å². The Kier molecular flexibility index (Phi) is 11.8. The minimum atomic E-state index is -1.72. The normalized spacial score (nSPS) is 45.3. The van der Waals surface area contributed by atoms with E-state index < -0.39 is 117 Å². The highest BCUT2D eigenvalue weighted by atomic mass is 16.8. The summed E-state index contributed by atoms with van der Waals surface area (Å²) in [5, 5.41) is 62.7. The van der Waals surface area contributed by atoms with Crippen molar-refractivity contribution in [2.45, 2.75) is 93.1 Å². The maximum atomic E-state index is 12.8. The number of aliphatic hydroxyl groups is 6. The Labute approximate surface area is 292 Å². The highest BCUT2D eigenvalue weighted by Gasteiger charge is 2.53. The van der Waals surface area contributed by atoms with Crippen molar-refractivity contribution in [1.82, 2.24) is 0 Å². The molecule has 0 aromatic carbocycles. The molecule has 6 N–H and O–H groups in total. The summed E-state index contributed by atoms with van der Waals surface area (Å²) < 4.78 is 56.7. The van der Waals surface area contributed by atoms with Gasteiger partial charge < -0.3 is 78.0 Å². The van der Waals surface area contributed by atoms with Crippen molar-refractivity contribution in [3.05, 3.63) is 49.0 Å². The molecule has 4 fully saturated rings. The average Bonchev–Trinajstić information content (AvgIpc) is 3.14. The van der Waals surface area contributed by atoms with Crippen LogP contribution >= 0.6 is 0 Å². The zero-order valence-electron chi connectivity index (χ0n) is 27.7. The van der Waals surface area contributed by atoms with Crippen LogP contribution in [0.2, 0.25) is 0 Å². The van der Waals surface area contributed by atoms with Crippen molar-refractivity contribution in [2.75, 3.05) is 26.9 Å². The van der Waals surface area contributed by atoms with Gasteiger partial charge in [0.2, 0.25) is 12.6 Å². The van der Waals surface area contributed by atoms with Crippen LogP contribution in [0.25, 0.3) is 0 Å². The zero-order valence-corrected chi connectivity index (χ0v) is 27.7. The van der Waals surface area contributed by atoms with E-state index in [2.05, 4.69) is 13.2 Å². The fraction of sp³-hybridized carbons (Fsp3) is 0.697. The first-order valence-electron chi connectivity index (χ1n) is 16.6. The van der Waals surface area contributed by atoms with Crippen molar-refractivity contribution in [1.29, 1.82) is 0 Å². The van der Waals surface area contributed by atoms with Crippen LogP contribution in [0, 0.1) is 23.7 Å². The second kappa shape index (κ2) is 15.9. The van der Waals surface area contributed by atoms with Gasteiger partial charge in [-0.05, 0) is 6.42 Å². The number of carbonyl (C=O) groups excluding carboxylic acids is 2. The maximum absolute atomic E-state index is 12.8. The van der Waals surface area contributed by atoms with E-state index in [1.807, 2.05) is 0 Å². The first kappa shape index (κ1) is 37.8. The molecular formula is C33H44O18. The molecule has 17 atom stereocenters. The monoisotopic (exact) mass is 728 g/mol. The summed E-state index contributed by atoms with van der Waals surface area (Å²) in [6.07, 6.45) is -11.7. The van der Waals surface area contributed by atoms with Crippen LogP contribution in [0.3, 0.4) is 0 Å². The van der Waals surface area contributed by atoms with Crippen LogP contribution < -0.4 is 0 Å². The molecule has 0 saturated carbocycles. The zero-order chi connectivity index (χ0) is 36.6. The van der Waals surface area contributed by atoms with Gasteiger partial charge in [-0.15, -0.1) is 13.2 Å². The summed E-state index contributed by atoms with van der Waals surface area (Å²) in [5.41, 5.74) is 0.420. The van der Waals surface area contributed by atoms with Gasteiger partial charge in [-0.1, -0.05) is 12.2 Å². The number of fused-ring (bicyclic) bond motifs is 2. The van der Waals surface area contributed by atoms with Crippen LogP contribution in [0.4, 0.5) is 0 Å². The molecule has 6 aliphatic rings. The van der Waals surface area contributed by atoms with Gasteiger partial charge in [0.05, 0.1) is 50.6 Å². The van der Waals surface area contributed by atoms with Crippen molar-refractivity contribution >= 4 is 11.9 Å². The number of rotatable bonds is 10. The standard InChI is InChI=1S/C33H44O18/c1-4-13-15-6-7-43-29(41)17(15)10-45-30(13)50-33-26(39)24(37)27-20(48-33)12-44-21(49-27)8-16-14(5-2)31(46-11-18(16)28(40)42-3)51-32-25(38)23(36)22(35)19(9-34)47-32/h4-5,10-11,13-16,19-27,30-39H,1-2,6-9,12H2,3H3/t13-,14-,15-,16-,19-,20-,21-,22-,23+,24-,25-,26-,27+,30+,31+,32+,33+/m0/s1. The van der Waals surface area contributed by atoms with E-state index in [0.717, 1.165) is 6.26 Å². The Morgan fingerprint density at radius 2 is 1.55 bits per heavy atom. The summed E-state index contributed by atoms with van der Waals surface area (Å²) in [6, 6.07) is 0. The first-order valence-corrected chi connectivity index (χ1v) is 16.6. The Hall–Kier alpha value is -2.98. The largest absolute Gasteiger partial charge is 0.471 e. The Bertz CT molecular complexity index is 1350. The van der Waals surface area contributed by atoms with Gasteiger partial charge in [0.25, 0.3) is 0 Å². The Morgan fingerprint density at radius 1 is 0.882 bits per heavy atom. The molecule has 0 unspecified atom stereocenters.